The molecule has 158 valence electrons. The van der Waals surface area contributed by atoms with Crippen LogP contribution in [0.3, 0.4) is 0 Å². The SMILES string of the molecule is c1ccc(-c2ccc3ccc4ccc(-c5ccc6ccc7ncccc7c6n5)nc4c3n2)cc1. The molecule has 4 aromatic heterocycles. The lowest BCUT2D eigenvalue weighted by Crippen LogP contribution is -1.93. The summed E-state index contributed by atoms with van der Waals surface area (Å²) in [6, 6.07) is 35.0. The average Bonchev–Trinajstić information content (AvgIpc) is 2.92. The van der Waals surface area contributed by atoms with E-state index in [9.17, 15) is 0 Å². The Balaban J connectivity index is 1.45. The predicted octanol–water partition coefficient (Wildman–Crippen LogP) is 7.21. The van der Waals surface area contributed by atoms with Crippen molar-refractivity contribution in [2.24, 2.45) is 0 Å². The fourth-order valence-corrected chi connectivity index (χ4v) is 4.56. The highest BCUT2D eigenvalue weighted by Gasteiger charge is 2.11. The minimum absolute atomic E-state index is 0.828. The maximum atomic E-state index is 5.05. The van der Waals surface area contributed by atoms with Crippen LogP contribution >= 0.6 is 0 Å². The molecular weight excluding hydrogens is 416 g/mol. The van der Waals surface area contributed by atoms with Crippen molar-refractivity contribution in [1.29, 1.82) is 0 Å². The monoisotopic (exact) mass is 434 g/mol. The number of hydrogen-bond acceptors (Lipinski definition) is 4. The van der Waals surface area contributed by atoms with Crippen molar-refractivity contribution in [2.75, 3.05) is 0 Å². The molecule has 0 aliphatic heterocycles. The molecule has 0 N–H and O–H groups in total. The first-order valence-electron chi connectivity index (χ1n) is 11.2. The van der Waals surface area contributed by atoms with E-state index >= 15 is 0 Å². The first kappa shape index (κ1) is 18.8. The molecule has 0 spiro atoms. The van der Waals surface area contributed by atoms with Crippen LogP contribution in [0.1, 0.15) is 0 Å². The van der Waals surface area contributed by atoms with Crippen LogP contribution in [0.25, 0.3) is 66.3 Å². The van der Waals surface area contributed by atoms with Crippen molar-refractivity contribution in [1.82, 2.24) is 19.9 Å². The first-order valence-corrected chi connectivity index (χ1v) is 11.2. The van der Waals surface area contributed by atoms with E-state index in [1.165, 1.54) is 0 Å². The Bertz CT molecular complexity index is 1860. The molecule has 4 heterocycles. The van der Waals surface area contributed by atoms with E-state index in [1.54, 1.807) is 0 Å². The molecule has 3 aromatic carbocycles. The fourth-order valence-electron chi connectivity index (χ4n) is 4.56. The minimum atomic E-state index is 0.828. The zero-order valence-corrected chi connectivity index (χ0v) is 18.2. The predicted molar refractivity (Wildman–Crippen MR) is 139 cm³/mol. The lowest BCUT2D eigenvalue weighted by molar-refractivity contribution is 1.31. The van der Waals surface area contributed by atoms with Gasteiger partial charge in [-0.15, -0.1) is 0 Å². The first-order chi connectivity index (χ1) is 16.8. The van der Waals surface area contributed by atoms with E-state index in [0.29, 0.717) is 0 Å². The maximum Gasteiger partial charge on any atom is 0.0973 e. The van der Waals surface area contributed by atoms with Crippen LogP contribution in [-0.2, 0) is 0 Å². The number of fused-ring (bicyclic) bond motifs is 6. The Morgan fingerprint density at radius 2 is 0.971 bits per heavy atom. The van der Waals surface area contributed by atoms with Gasteiger partial charge in [-0.25, -0.2) is 15.0 Å². The van der Waals surface area contributed by atoms with Crippen LogP contribution in [-0.4, -0.2) is 19.9 Å². The standard InChI is InChI=1S/C30H18N4/c1-2-5-19(6-3-1)24-14-10-21-8-9-22-13-17-27(34-30(22)29(21)32-24)26-16-12-20-11-15-25-23(28(20)33-26)7-4-18-31-25/h1-18H. The largest absolute Gasteiger partial charge is 0.256 e. The van der Waals surface area contributed by atoms with Crippen LogP contribution < -0.4 is 0 Å². The molecule has 4 heteroatoms. The van der Waals surface area contributed by atoms with Gasteiger partial charge in [0.25, 0.3) is 0 Å². The van der Waals surface area contributed by atoms with E-state index in [0.717, 1.165) is 66.3 Å². The average molecular weight is 435 g/mol. The smallest absolute Gasteiger partial charge is 0.0973 e. The van der Waals surface area contributed by atoms with Crippen molar-refractivity contribution < 1.29 is 0 Å². The van der Waals surface area contributed by atoms with E-state index in [4.69, 9.17) is 15.0 Å². The summed E-state index contributed by atoms with van der Waals surface area (Å²) >= 11 is 0. The molecule has 7 aromatic rings. The number of nitrogens with zero attached hydrogens (tertiary/aromatic N) is 4. The number of rotatable bonds is 2. The molecule has 0 fully saturated rings. The highest BCUT2D eigenvalue weighted by atomic mass is 14.8. The van der Waals surface area contributed by atoms with Crippen molar-refractivity contribution in [3.8, 4) is 22.6 Å². The number of benzene rings is 3. The second-order valence-electron chi connectivity index (χ2n) is 8.37. The van der Waals surface area contributed by atoms with Crippen molar-refractivity contribution in [3.63, 3.8) is 0 Å². The molecule has 0 bridgehead atoms. The number of aromatic nitrogens is 4. The third-order valence-corrected chi connectivity index (χ3v) is 6.29. The Morgan fingerprint density at radius 3 is 1.71 bits per heavy atom. The Morgan fingerprint density at radius 1 is 0.412 bits per heavy atom. The Labute approximate surface area is 195 Å². The van der Waals surface area contributed by atoms with E-state index in [1.807, 2.05) is 48.7 Å². The fraction of sp³-hybridized carbons (Fsp3) is 0. The van der Waals surface area contributed by atoms with Gasteiger partial charge in [0.2, 0.25) is 0 Å². The van der Waals surface area contributed by atoms with Gasteiger partial charge in [-0.05, 0) is 36.4 Å². The molecule has 0 atom stereocenters. The van der Waals surface area contributed by atoms with Crippen molar-refractivity contribution >= 4 is 43.6 Å². The lowest BCUT2D eigenvalue weighted by atomic mass is 10.1. The Hall–Kier alpha value is -4.70. The highest BCUT2D eigenvalue weighted by molar-refractivity contribution is 6.05. The zero-order chi connectivity index (χ0) is 22.5. The highest BCUT2D eigenvalue weighted by Crippen LogP contribution is 2.30. The molecule has 0 amide bonds. The van der Waals surface area contributed by atoms with E-state index in [-0.39, 0.29) is 0 Å². The van der Waals surface area contributed by atoms with Gasteiger partial charge in [-0.2, -0.15) is 0 Å². The van der Waals surface area contributed by atoms with Crippen LogP contribution in [0.5, 0.6) is 0 Å². The maximum absolute atomic E-state index is 5.05. The molecule has 0 saturated heterocycles. The summed E-state index contributed by atoms with van der Waals surface area (Å²) < 4.78 is 0. The molecule has 34 heavy (non-hydrogen) atoms. The molecule has 0 unspecified atom stereocenters. The Kier molecular flexibility index (Phi) is 4.11. The third-order valence-electron chi connectivity index (χ3n) is 6.29. The van der Waals surface area contributed by atoms with Crippen LogP contribution in [0.2, 0.25) is 0 Å². The normalized spacial score (nSPS) is 11.5. The van der Waals surface area contributed by atoms with E-state index < -0.39 is 0 Å². The minimum Gasteiger partial charge on any atom is -0.256 e. The van der Waals surface area contributed by atoms with Gasteiger partial charge in [0, 0.05) is 33.3 Å². The summed E-state index contributed by atoms with van der Waals surface area (Å²) in [6.45, 7) is 0. The number of hydrogen-bond donors (Lipinski definition) is 0. The second kappa shape index (κ2) is 7.42. The molecule has 0 saturated carbocycles. The molecule has 0 radical (unpaired) electrons. The summed E-state index contributed by atoms with van der Waals surface area (Å²) in [5, 5.41) is 4.26. The quantitative estimate of drug-likeness (QED) is 0.270. The van der Waals surface area contributed by atoms with E-state index in [2.05, 4.69) is 65.6 Å². The van der Waals surface area contributed by atoms with Gasteiger partial charge in [-0.1, -0.05) is 66.7 Å². The summed E-state index contributed by atoms with van der Waals surface area (Å²) in [5.41, 5.74) is 7.36. The lowest BCUT2D eigenvalue weighted by Gasteiger charge is -2.09. The molecule has 4 nitrogen and oxygen atoms in total. The van der Waals surface area contributed by atoms with Gasteiger partial charge in [0.1, 0.15) is 0 Å². The molecular formula is C30H18N4. The third kappa shape index (κ3) is 3.00. The van der Waals surface area contributed by atoms with Gasteiger partial charge >= 0.3 is 0 Å². The van der Waals surface area contributed by atoms with Gasteiger partial charge in [-0.3, -0.25) is 4.98 Å². The molecule has 0 aliphatic carbocycles. The number of pyridine rings is 4. The van der Waals surface area contributed by atoms with Crippen LogP contribution in [0.4, 0.5) is 0 Å². The summed E-state index contributed by atoms with van der Waals surface area (Å²) in [4.78, 5) is 19.5. The topological polar surface area (TPSA) is 51.6 Å². The van der Waals surface area contributed by atoms with Gasteiger partial charge < -0.3 is 0 Å². The van der Waals surface area contributed by atoms with Crippen molar-refractivity contribution in [2.45, 2.75) is 0 Å². The van der Waals surface area contributed by atoms with Crippen LogP contribution in [0.15, 0.2) is 109 Å². The van der Waals surface area contributed by atoms with Crippen LogP contribution in [0, 0.1) is 0 Å². The van der Waals surface area contributed by atoms with Gasteiger partial charge in [0.05, 0.1) is 39.1 Å². The summed E-state index contributed by atoms with van der Waals surface area (Å²) in [5.74, 6) is 0. The van der Waals surface area contributed by atoms with Crippen molar-refractivity contribution in [3.05, 3.63) is 109 Å². The second-order valence-corrected chi connectivity index (χ2v) is 8.37. The van der Waals surface area contributed by atoms with Gasteiger partial charge in [0.15, 0.2) is 0 Å². The summed E-state index contributed by atoms with van der Waals surface area (Å²) in [7, 11) is 0. The zero-order valence-electron chi connectivity index (χ0n) is 18.2. The molecule has 0 aliphatic rings. The summed E-state index contributed by atoms with van der Waals surface area (Å²) in [6.07, 6.45) is 1.81. The molecule has 7 rings (SSSR count).